The molecule has 0 aromatic rings. The zero-order valence-electron chi connectivity index (χ0n) is 8.52. The van der Waals surface area contributed by atoms with Crippen LogP contribution in [-0.2, 0) is 4.79 Å². The van der Waals surface area contributed by atoms with Crippen LogP contribution in [0.1, 0.15) is 27.2 Å². The predicted molar refractivity (Wildman–Crippen MR) is 60.6 cm³/mol. The molecule has 12 heavy (non-hydrogen) atoms. The monoisotopic (exact) mass is 283 g/mol. The van der Waals surface area contributed by atoms with E-state index in [4.69, 9.17) is 0 Å². The third-order valence-electron chi connectivity index (χ3n) is 1.64. The van der Waals surface area contributed by atoms with Gasteiger partial charge >= 0.3 is 0 Å². The van der Waals surface area contributed by atoms with E-state index in [0.29, 0.717) is 5.92 Å². The predicted octanol–water partition coefficient (Wildman–Crippen LogP) is 2.31. The standard InChI is InChI=1S/C9H18INO/c1-7(2)6-9(3,10)8(12)11(4)5/h7H,6H2,1-5H3. The fraction of sp³-hybridized carbons (Fsp3) is 0.889. The minimum atomic E-state index is -0.241. The molecule has 0 bridgehead atoms. The number of rotatable bonds is 3. The number of carbonyl (C=O) groups is 1. The fourth-order valence-corrected chi connectivity index (χ4v) is 2.68. The average molecular weight is 283 g/mol. The molecule has 0 N–H and O–H groups in total. The topological polar surface area (TPSA) is 20.3 Å². The Kier molecular flexibility index (Phi) is 4.51. The van der Waals surface area contributed by atoms with Crippen LogP contribution in [0.3, 0.4) is 0 Å². The Morgan fingerprint density at radius 2 is 1.92 bits per heavy atom. The van der Waals surface area contributed by atoms with Gasteiger partial charge in [-0.05, 0) is 19.3 Å². The summed E-state index contributed by atoms with van der Waals surface area (Å²) in [7, 11) is 3.61. The van der Waals surface area contributed by atoms with Crippen molar-refractivity contribution in [2.24, 2.45) is 5.92 Å². The van der Waals surface area contributed by atoms with E-state index >= 15 is 0 Å². The minimum absolute atomic E-state index is 0.205. The summed E-state index contributed by atoms with van der Waals surface area (Å²) in [6.07, 6.45) is 0.935. The molecule has 0 fully saturated rings. The Bertz CT molecular complexity index is 164. The van der Waals surface area contributed by atoms with Crippen molar-refractivity contribution in [3.05, 3.63) is 0 Å². The highest BCUT2D eigenvalue weighted by atomic mass is 127. The molecule has 72 valence electrons. The van der Waals surface area contributed by atoms with E-state index in [1.54, 1.807) is 19.0 Å². The molecule has 0 aliphatic heterocycles. The molecule has 0 radical (unpaired) electrons. The van der Waals surface area contributed by atoms with Gasteiger partial charge in [-0.15, -0.1) is 0 Å². The summed E-state index contributed by atoms with van der Waals surface area (Å²) >= 11 is 2.24. The zero-order chi connectivity index (χ0) is 9.94. The lowest BCUT2D eigenvalue weighted by atomic mass is 9.98. The molecule has 0 aromatic carbocycles. The number of alkyl halides is 1. The first-order chi connectivity index (χ1) is 5.27. The van der Waals surface area contributed by atoms with Gasteiger partial charge in [-0.2, -0.15) is 0 Å². The van der Waals surface area contributed by atoms with Crippen molar-refractivity contribution in [2.45, 2.75) is 30.6 Å². The lowest BCUT2D eigenvalue weighted by Gasteiger charge is -2.26. The highest BCUT2D eigenvalue weighted by Crippen LogP contribution is 2.28. The summed E-state index contributed by atoms with van der Waals surface area (Å²) in [6.45, 7) is 6.27. The second-order valence-corrected chi connectivity index (χ2v) is 6.38. The van der Waals surface area contributed by atoms with Gasteiger partial charge in [0.15, 0.2) is 0 Å². The smallest absolute Gasteiger partial charge is 0.237 e. The molecular weight excluding hydrogens is 265 g/mol. The summed E-state index contributed by atoms with van der Waals surface area (Å²) in [5.41, 5.74) is 0. The Morgan fingerprint density at radius 1 is 1.50 bits per heavy atom. The number of halogens is 1. The van der Waals surface area contributed by atoms with E-state index in [9.17, 15) is 4.79 Å². The quantitative estimate of drug-likeness (QED) is 0.575. The first kappa shape index (κ1) is 12.2. The Labute approximate surface area is 88.8 Å². The number of nitrogens with zero attached hydrogens (tertiary/aromatic N) is 1. The second kappa shape index (κ2) is 4.44. The normalized spacial score (nSPS) is 15.9. The van der Waals surface area contributed by atoms with Crippen LogP contribution in [0.25, 0.3) is 0 Å². The van der Waals surface area contributed by atoms with E-state index in [0.717, 1.165) is 6.42 Å². The third kappa shape index (κ3) is 3.74. The van der Waals surface area contributed by atoms with Crippen LogP contribution >= 0.6 is 22.6 Å². The highest BCUT2D eigenvalue weighted by Gasteiger charge is 2.31. The molecule has 0 heterocycles. The van der Waals surface area contributed by atoms with E-state index in [1.807, 2.05) is 6.92 Å². The maximum Gasteiger partial charge on any atom is 0.237 e. The summed E-state index contributed by atoms with van der Waals surface area (Å²) in [6, 6.07) is 0. The molecule has 0 rings (SSSR count). The van der Waals surface area contributed by atoms with Gasteiger partial charge in [0, 0.05) is 14.1 Å². The Hall–Kier alpha value is 0.200. The van der Waals surface area contributed by atoms with Gasteiger partial charge in [0.05, 0.1) is 3.42 Å². The molecule has 0 saturated carbocycles. The molecule has 2 nitrogen and oxygen atoms in total. The molecule has 1 amide bonds. The lowest BCUT2D eigenvalue weighted by Crippen LogP contribution is -2.39. The van der Waals surface area contributed by atoms with Crippen molar-refractivity contribution < 1.29 is 4.79 Å². The maximum atomic E-state index is 11.6. The summed E-state index contributed by atoms with van der Waals surface area (Å²) < 4.78 is -0.241. The first-order valence-corrected chi connectivity index (χ1v) is 5.26. The van der Waals surface area contributed by atoms with Gasteiger partial charge in [-0.3, -0.25) is 4.79 Å². The van der Waals surface area contributed by atoms with Crippen LogP contribution in [0.2, 0.25) is 0 Å². The molecule has 1 atom stereocenters. The molecule has 3 heteroatoms. The van der Waals surface area contributed by atoms with Gasteiger partial charge in [-0.1, -0.05) is 36.4 Å². The van der Waals surface area contributed by atoms with Gasteiger partial charge in [0.25, 0.3) is 0 Å². The molecule has 0 spiro atoms. The molecule has 0 aliphatic rings. The molecule has 0 saturated heterocycles. The van der Waals surface area contributed by atoms with Crippen LogP contribution in [0.4, 0.5) is 0 Å². The maximum absolute atomic E-state index is 11.6. The number of amides is 1. The van der Waals surface area contributed by atoms with E-state index in [1.165, 1.54) is 0 Å². The zero-order valence-corrected chi connectivity index (χ0v) is 10.7. The van der Waals surface area contributed by atoms with Crippen molar-refractivity contribution in [3.63, 3.8) is 0 Å². The molecule has 0 aromatic heterocycles. The van der Waals surface area contributed by atoms with Crippen LogP contribution in [-0.4, -0.2) is 28.3 Å². The van der Waals surface area contributed by atoms with E-state index in [-0.39, 0.29) is 9.33 Å². The molecule has 1 unspecified atom stereocenters. The third-order valence-corrected chi connectivity index (χ3v) is 2.55. The average Bonchev–Trinajstić information content (AvgIpc) is 1.82. The fourth-order valence-electron chi connectivity index (χ4n) is 1.32. The minimum Gasteiger partial charge on any atom is -0.348 e. The Balaban J connectivity index is 4.29. The van der Waals surface area contributed by atoms with Gasteiger partial charge in [0.1, 0.15) is 0 Å². The number of hydrogen-bond acceptors (Lipinski definition) is 1. The number of carbonyl (C=O) groups excluding carboxylic acids is 1. The van der Waals surface area contributed by atoms with Crippen LogP contribution in [0.15, 0.2) is 0 Å². The van der Waals surface area contributed by atoms with Crippen molar-refractivity contribution in [1.29, 1.82) is 0 Å². The van der Waals surface area contributed by atoms with Crippen molar-refractivity contribution in [3.8, 4) is 0 Å². The van der Waals surface area contributed by atoms with Crippen LogP contribution in [0.5, 0.6) is 0 Å². The van der Waals surface area contributed by atoms with E-state index in [2.05, 4.69) is 36.4 Å². The van der Waals surface area contributed by atoms with Crippen molar-refractivity contribution in [2.75, 3.05) is 14.1 Å². The SMILES string of the molecule is CC(C)CC(C)(I)C(=O)N(C)C. The molecule has 0 aliphatic carbocycles. The van der Waals surface area contributed by atoms with Crippen molar-refractivity contribution in [1.82, 2.24) is 4.90 Å². The highest BCUT2D eigenvalue weighted by molar-refractivity contribution is 14.1. The Morgan fingerprint density at radius 3 is 2.17 bits per heavy atom. The van der Waals surface area contributed by atoms with Gasteiger partial charge in [0.2, 0.25) is 5.91 Å². The summed E-state index contributed by atoms with van der Waals surface area (Å²) in [5.74, 6) is 0.771. The summed E-state index contributed by atoms with van der Waals surface area (Å²) in [4.78, 5) is 13.3. The van der Waals surface area contributed by atoms with E-state index < -0.39 is 0 Å². The number of hydrogen-bond donors (Lipinski definition) is 0. The lowest BCUT2D eigenvalue weighted by molar-refractivity contribution is -0.130. The van der Waals surface area contributed by atoms with Crippen LogP contribution in [0, 0.1) is 5.92 Å². The van der Waals surface area contributed by atoms with Gasteiger partial charge < -0.3 is 4.90 Å². The summed E-state index contributed by atoms with van der Waals surface area (Å²) in [5, 5.41) is 0. The molecular formula is C9H18INO. The largest absolute Gasteiger partial charge is 0.348 e. The van der Waals surface area contributed by atoms with Crippen LogP contribution < -0.4 is 0 Å². The first-order valence-electron chi connectivity index (χ1n) is 4.18. The second-order valence-electron chi connectivity index (χ2n) is 3.99. The van der Waals surface area contributed by atoms with Gasteiger partial charge in [-0.25, -0.2) is 0 Å². The van der Waals surface area contributed by atoms with Crippen molar-refractivity contribution >= 4 is 28.5 Å².